The fraction of sp³-hybridized carbons (Fsp3) is 0.212. The highest BCUT2D eigenvalue weighted by Gasteiger charge is 2.36. The van der Waals surface area contributed by atoms with E-state index >= 15 is 0 Å². The van der Waals surface area contributed by atoms with Gasteiger partial charge in [-0.15, -0.1) is 0 Å². The molecule has 0 aliphatic carbocycles. The lowest BCUT2D eigenvalue weighted by Crippen LogP contribution is -2.35. The molecule has 0 spiro atoms. The zero-order valence-corrected chi connectivity index (χ0v) is 24.6. The predicted molar refractivity (Wildman–Crippen MR) is 170 cm³/mol. The van der Waals surface area contributed by atoms with Crippen LogP contribution in [0.2, 0.25) is 0 Å². The van der Waals surface area contributed by atoms with Crippen molar-refractivity contribution in [2.45, 2.75) is 33.7 Å². The Bertz CT molecular complexity index is 1800. The maximum atomic E-state index is 13.1. The summed E-state index contributed by atoms with van der Waals surface area (Å²) >= 11 is 1.25. The average molecular weight is 578 g/mol. The Kier molecular flexibility index (Phi) is 7.67. The zero-order chi connectivity index (χ0) is 29.2. The van der Waals surface area contributed by atoms with Crippen LogP contribution in [0.25, 0.3) is 17.0 Å². The summed E-state index contributed by atoms with van der Waals surface area (Å²) in [6.45, 7) is 7.67. The number of carbonyl (C=O) groups excluding carboxylic acids is 1. The lowest BCUT2D eigenvalue weighted by atomic mass is 10.1. The van der Waals surface area contributed by atoms with Crippen molar-refractivity contribution in [1.29, 1.82) is 5.41 Å². The fourth-order valence-corrected chi connectivity index (χ4v) is 5.76. The number of thioether (sulfide) groups is 1. The standard InChI is InChI=1S/C33H31N5O3S/c1-21-13-14-23(3)29(17-21)40-16-8-15-37-19-24(25-10-5-6-11-27(25)37)18-26-31(34)38-33(35-32(26)39)42-30(36-38)20-41-28-12-7-4-9-22(28)2/h4-7,9-14,17-19,34H,8,15-16,20H2,1-3H3. The second kappa shape index (κ2) is 11.7. The molecule has 8 nitrogen and oxygen atoms in total. The van der Waals surface area contributed by atoms with Crippen LogP contribution in [0.3, 0.4) is 0 Å². The van der Waals surface area contributed by atoms with Crippen molar-refractivity contribution in [2.24, 2.45) is 10.1 Å². The number of nitrogens with one attached hydrogen (secondary N) is 1. The number of aromatic nitrogens is 1. The number of hydrogen-bond donors (Lipinski definition) is 1. The highest BCUT2D eigenvalue weighted by molar-refractivity contribution is 8.27. The third kappa shape index (κ3) is 5.60. The molecule has 0 saturated carbocycles. The van der Waals surface area contributed by atoms with Gasteiger partial charge in [0, 0.05) is 29.2 Å². The largest absolute Gasteiger partial charge is 0.493 e. The van der Waals surface area contributed by atoms with E-state index < -0.39 is 5.91 Å². The van der Waals surface area contributed by atoms with Crippen molar-refractivity contribution in [1.82, 2.24) is 9.58 Å². The van der Waals surface area contributed by atoms with Crippen LogP contribution < -0.4 is 9.47 Å². The molecule has 1 N–H and O–H groups in total. The van der Waals surface area contributed by atoms with Crippen LogP contribution in [0.5, 0.6) is 11.5 Å². The summed E-state index contributed by atoms with van der Waals surface area (Å²) in [5.41, 5.74) is 5.43. The number of ether oxygens (including phenoxy) is 2. The van der Waals surface area contributed by atoms with Crippen molar-refractivity contribution in [2.75, 3.05) is 13.2 Å². The highest BCUT2D eigenvalue weighted by atomic mass is 32.2. The van der Waals surface area contributed by atoms with E-state index in [-0.39, 0.29) is 18.0 Å². The number of fused-ring (bicyclic) bond motifs is 2. The van der Waals surface area contributed by atoms with Crippen LogP contribution in [-0.2, 0) is 11.3 Å². The van der Waals surface area contributed by atoms with E-state index in [1.807, 2.05) is 55.6 Å². The smallest absolute Gasteiger partial charge is 0.283 e. The normalized spacial score (nSPS) is 15.7. The molecule has 0 radical (unpaired) electrons. The molecule has 2 aliphatic rings. The first-order valence-electron chi connectivity index (χ1n) is 13.8. The Labute approximate surface area is 248 Å². The van der Waals surface area contributed by atoms with E-state index in [1.165, 1.54) is 22.3 Å². The topological polar surface area (TPSA) is 92.3 Å². The molecule has 2 aliphatic heterocycles. The molecule has 0 bridgehead atoms. The Morgan fingerprint density at radius 3 is 2.60 bits per heavy atom. The van der Waals surface area contributed by atoms with Crippen molar-refractivity contribution in [3.8, 4) is 11.5 Å². The number of carbonyl (C=O) groups is 1. The van der Waals surface area contributed by atoms with E-state index in [4.69, 9.17) is 14.9 Å². The van der Waals surface area contributed by atoms with Gasteiger partial charge >= 0.3 is 0 Å². The molecule has 0 fully saturated rings. The number of benzene rings is 3. The number of amidine groups is 2. The molecule has 0 atom stereocenters. The second-order valence-corrected chi connectivity index (χ2v) is 11.4. The number of nitrogens with zero attached hydrogens (tertiary/aromatic N) is 4. The summed E-state index contributed by atoms with van der Waals surface area (Å²) in [5, 5.41) is 16.8. The van der Waals surface area contributed by atoms with Gasteiger partial charge in [0.15, 0.2) is 5.84 Å². The van der Waals surface area contributed by atoms with Crippen molar-refractivity contribution in [3.05, 3.63) is 101 Å². The van der Waals surface area contributed by atoms with Gasteiger partial charge in [0.2, 0.25) is 5.17 Å². The summed E-state index contributed by atoms with van der Waals surface area (Å²) in [6, 6.07) is 22.1. The molecule has 1 aromatic heterocycles. The minimum Gasteiger partial charge on any atom is -0.493 e. The van der Waals surface area contributed by atoms with Crippen LogP contribution in [0.1, 0.15) is 28.7 Å². The number of amides is 1. The molecule has 3 aromatic carbocycles. The van der Waals surface area contributed by atoms with Gasteiger partial charge in [-0.2, -0.15) is 15.1 Å². The third-order valence-electron chi connectivity index (χ3n) is 7.20. The molecule has 0 saturated heterocycles. The first-order chi connectivity index (χ1) is 20.4. The van der Waals surface area contributed by atoms with E-state index in [2.05, 4.69) is 52.8 Å². The molecule has 9 heteroatoms. The molecular formula is C33H31N5O3S. The molecule has 212 valence electrons. The number of aryl methyl sites for hydroxylation is 4. The van der Waals surface area contributed by atoms with Gasteiger partial charge in [-0.3, -0.25) is 10.2 Å². The second-order valence-electron chi connectivity index (χ2n) is 10.3. The minimum atomic E-state index is -0.450. The number of aliphatic imine (C=N–C) groups is 1. The fourth-order valence-electron chi connectivity index (χ4n) is 4.96. The van der Waals surface area contributed by atoms with E-state index in [9.17, 15) is 4.79 Å². The maximum absolute atomic E-state index is 13.1. The van der Waals surface area contributed by atoms with Crippen molar-refractivity contribution in [3.63, 3.8) is 0 Å². The maximum Gasteiger partial charge on any atom is 0.283 e. The summed E-state index contributed by atoms with van der Waals surface area (Å²) in [6.07, 6.45) is 4.59. The number of para-hydroxylation sites is 2. The summed E-state index contributed by atoms with van der Waals surface area (Å²) in [5.74, 6) is 1.24. The minimum absolute atomic E-state index is 0.00199. The quantitative estimate of drug-likeness (QED) is 0.176. The van der Waals surface area contributed by atoms with Gasteiger partial charge in [-0.25, -0.2) is 0 Å². The number of hydrogen-bond acceptors (Lipinski definition) is 6. The van der Waals surface area contributed by atoms with E-state index in [1.54, 1.807) is 6.08 Å². The molecule has 3 heterocycles. The van der Waals surface area contributed by atoms with E-state index in [0.717, 1.165) is 52.1 Å². The average Bonchev–Trinajstić information content (AvgIpc) is 3.56. The lowest BCUT2D eigenvalue weighted by Gasteiger charge is -2.20. The van der Waals surface area contributed by atoms with Crippen LogP contribution in [0.4, 0.5) is 0 Å². The lowest BCUT2D eigenvalue weighted by molar-refractivity contribution is -0.114. The van der Waals surface area contributed by atoms with E-state index in [0.29, 0.717) is 16.8 Å². The van der Waals surface area contributed by atoms with Crippen molar-refractivity contribution < 1.29 is 14.3 Å². The third-order valence-corrected chi connectivity index (χ3v) is 8.09. The summed E-state index contributed by atoms with van der Waals surface area (Å²) in [4.78, 5) is 17.3. The van der Waals surface area contributed by atoms with Gasteiger partial charge in [0.1, 0.15) is 23.1 Å². The first kappa shape index (κ1) is 27.5. The Balaban J connectivity index is 1.18. The Morgan fingerprint density at radius 2 is 1.74 bits per heavy atom. The molecular weight excluding hydrogens is 546 g/mol. The van der Waals surface area contributed by atoms with Crippen LogP contribution in [-0.4, -0.2) is 44.7 Å². The Hall–Kier alpha value is -4.63. The summed E-state index contributed by atoms with van der Waals surface area (Å²) < 4.78 is 14.2. The van der Waals surface area contributed by atoms with Gasteiger partial charge in [-0.05, 0) is 79.9 Å². The first-order valence-corrected chi connectivity index (χ1v) is 14.6. The molecule has 42 heavy (non-hydrogen) atoms. The van der Waals surface area contributed by atoms with Crippen LogP contribution in [0.15, 0.2) is 88.6 Å². The van der Waals surface area contributed by atoms with Gasteiger partial charge in [-0.1, -0.05) is 48.5 Å². The monoisotopic (exact) mass is 577 g/mol. The predicted octanol–water partition coefficient (Wildman–Crippen LogP) is 6.73. The molecule has 0 unspecified atom stereocenters. The van der Waals surface area contributed by atoms with Crippen LogP contribution in [0, 0.1) is 26.2 Å². The summed E-state index contributed by atoms with van der Waals surface area (Å²) in [7, 11) is 0. The van der Waals surface area contributed by atoms with Gasteiger partial charge in [0.25, 0.3) is 5.91 Å². The SMILES string of the molecule is Cc1ccc(C)c(OCCCn2cc(C=C3C(=N)N4N=C(COc5ccccc5C)SC4=NC3=O)c3ccccc32)c1. The van der Waals surface area contributed by atoms with Gasteiger partial charge < -0.3 is 14.0 Å². The van der Waals surface area contributed by atoms with Gasteiger partial charge in [0.05, 0.1) is 12.2 Å². The van der Waals surface area contributed by atoms with Crippen molar-refractivity contribution >= 4 is 50.7 Å². The Morgan fingerprint density at radius 1 is 0.952 bits per heavy atom. The highest BCUT2D eigenvalue weighted by Crippen LogP contribution is 2.31. The number of rotatable bonds is 9. The molecule has 1 amide bonds. The molecule has 4 aromatic rings. The zero-order valence-electron chi connectivity index (χ0n) is 23.8. The molecule has 6 rings (SSSR count). The number of hydrazone groups is 1. The van der Waals surface area contributed by atoms with Crippen LogP contribution >= 0.6 is 11.8 Å².